The summed E-state index contributed by atoms with van der Waals surface area (Å²) in [5, 5.41) is 0. The molecular weight excluding hydrogens is 173 g/mol. The standard InChI is InChI=1S/C6H11F3N2O/c7-6(8,9)12-2-1-11-3-5(10)4-11/h5H,1-4,10H2. The highest BCUT2D eigenvalue weighted by molar-refractivity contribution is 4.81. The van der Waals surface area contributed by atoms with Crippen LogP contribution in [0.5, 0.6) is 0 Å². The van der Waals surface area contributed by atoms with E-state index in [1.807, 2.05) is 4.90 Å². The van der Waals surface area contributed by atoms with E-state index in [4.69, 9.17) is 5.73 Å². The number of likely N-dealkylation sites (tertiary alicyclic amines) is 1. The molecule has 0 amide bonds. The number of hydrogen-bond acceptors (Lipinski definition) is 3. The number of nitrogens with zero attached hydrogens (tertiary/aromatic N) is 1. The highest BCUT2D eigenvalue weighted by Gasteiger charge is 2.30. The Bertz CT molecular complexity index is 144. The molecule has 0 atom stereocenters. The van der Waals surface area contributed by atoms with Gasteiger partial charge in [0.25, 0.3) is 0 Å². The molecule has 6 heteroatoms. The maximum Gasteiger partial charge on any atom is 0.522 e. The molecule has 0 aromatic heterocycles. The lowest BCUT2D eigenvalue weighted by molar-refractivity contribution is -0.325. The van der Waals surface area contributed by atoms with Gasteiger partial charge in [-0.25, -0.2) is 0 Å². The fourth-order valence-corrected chi connectivity index (χ4v) is 1.08. The predicted octanol–water partition coefficient (Wildman–Crippen LogP) is 0.166. The van der Waals surface area contributed by atoms with Crippen LogP contribution in [0.25, 0.3) is 0 Å². The zero-order valence-corrected chi connectivity index (χ0v) is 6.47. The minimum absolute atomic E-state index is 0.121. The van der Waals surface area contributed by atoms with Crippen LogP contribution < -0.4 is 5.73 Å². The highest BCUT2D eigenvalue weighted by atomic mass is 19.4. The molecule has 0 radical (unpaired) electrons. The van der Waals surface area contributed by atoms with Crippen LogP contribution in [0.2, 0.25) is 0 Å². The Morgan fingerprint density at radius 1 is 1.42 bits per heavy atom. The van der Waals surface area contributed by atoms with Crippen molar-refractivity contribution >= 4 is 0 Å². The molecule has 1 rings (SSSR count). The summed E-state index contributed by atoms with van der Waals surface area (Å²) in [7, 11) is 0. The van der Waals surface area contributed by atoms with Crippen LogP contribution in [-0.2, 0) is 4.74 Å². The van der Waals surface area contributed by atoms with Gasteiger partial charge in [0.1, 0.15) is 0 Å². The van der Waals surface area contributed by atoms with Crippen LogP contribution in [0, 0.1) is 0 Å². The Kier molecular flexibility index (Phi) is 2.92. The second-order valence-electron chi connectivity index (χ2n) is 2.81. The van der Waals surface area contributed by atoms with Crippen molar-refractivity contribution in [1.82, 2.24) is 4.90 Å². The van der Waals surface area contributed by atoms with Gasteiger partial charge in [0.15, 0.2) is 0 Å². The summed E-state index contributed by atoms with van der Waals surface area (Å²) >= 11 is 0. The number of hydrogen-bond donors (Lipinski definition) is 1. The van der Waals surface area contributed by atoms with Crippen molar-refractivity contribution in [2.45, 2.75) is 12.4 Å². The fourth-order valence-electron chi connectivity index (χ4n) is 1.08. The number of halogens is 3. The van der Waals surface area contributed by atoms with E-state index in [0.717, 1.165) is 0 Å². The third-order valence-electron chi connectivity index (χ3n) is 1.66. The lowest BCUT2D eigenvalue weighted by atomic mass is 10.1. The SMILES string of the molecule is NC1CN(CCOC(F)(F)F)C1. The lowest BCUT2D eigenvalue weighted by Gasteiger charge is -2.36. The van der Waals surface area contributed by atoms with Gasteiger partial charge in [-0.3, -0.25) is 9.64 Å². The van der Waals surface area contributed by atoms with E-state index in [9.17, 15) is 13.2 Å². The quantitative estimate of drug-likeness (QED) is 0.679. The Labute approximate surface area is 68.3 Å². The average molecular weight is 184 g/mol. The summed E-state index contributed by atoms with van der Waals surface area (Å²) in [4.78, 5) is 1.82. The summed E-state index contributed by atoms with van der Waals surface area (Å²) in [5.74, 6) is 0. The van der Waals surface area contributed by atoms with E-state index in [2.05, 4.69) is 4.74 Å². The lowest BCUT2D eigenvalue weighted by Crippen LogP contribution is -2.56. The third kappa shape index (κ3) is 3.38. The summed E-state index contributed by atoms with van der Waals surface area (Å²) < 4.78 is 37.9. The van der Waals surface area contributed by atoms with E-state index in [-0.39, 0.29) is 12.6 Å². The van der Waals surface area contributed by atoms with Gasteiger partial charge in [0, 0.05) is 25.7 Å². The number of rotatable bonds is 3. The van der Waals surface area contributed by atoms with Crippen LogP contribution in [0.15, 0.2) is 0 Å². The van der Waals surface area contributed by atoms with Crippen molar-refractivity contribution in [2.24, 2.45) is 5.73 Å². The molecule has 2 N–H and O–H groups in total. The van der Waals surface area contributed by atoms with Gasteiger partial charge in [0.2, 0.25) is 0 Å². The highest BCUT2D eigenvalue weighted by Crippen LogP contribution is 2.16. The molecule has 1 saturated heterocycles. The van der Waals surface area contributed by atoms with Gasteiger partial charge < -0.3 is 5.73 Å². The fraction of sp³-hybridized carbons (Fsp3) is 1.00. The average Bonchev–Trinajstić information content (AvgIpc) is 1.81. The van der Waals surface area contributed by atoms with Crippen molar-refractivity contribution in [1.29, 1.82) is 0 Å². The van der Waals surface area contributed by atoms with Crippen LogP contribution >= 0.6 is 0 Å². The molecule has 1 fully saturated rings. The molecular formula is C6H11F3N2O. The van der Waals surface area contributed by atoms with Gasteiger partial charge in [-0.1, -0.05) is 0 Å². The maximum atomic E-state index is 11.4. The Hall–Kier alpha value is -0.330. The summed E-state index contributed by atoms with van der Waals surface area (Å²) in [6.07, 6.45) is -4.51. The zero-order valence-electron chi connectivity index (χ0n) is 6.47. The van der Waals surface area contributed by atoms with Crippen LogP contribution in [0.4, 0.5) is 13.2 Å². The predicted molar refractivity (Wildman–Crippen MR) is 36.4 cm³/mol. The summed E-state index contributed by atoms with van der Waals surface area (Å²) in [5.41, 5.74) is 5.42. The Morgan fingerprint density at radius 3 is 2.42 bits per heavy atom. The van der Waals surface area contributed by atoms with E-state index < -0.39 is 6.36 Å². The topological polar surface area (TPSA) is 38.5 Å². The van der Waals surface area contributed by atoms with E-state index in [0.29, 0.717) is 19.6 Å². The summed E-state index contributed by atoms with van der Waals surface area (Å²) in [6, 6.07) is 0.121. The molecule has 0 bridgehead atoms. The van der Waals surface area contributed by atoms with Crippen molar-refractivity contribution < 1.29 is 17.9 Å². The minimum atomic E-state index is -4.51. The first-order chi connectivity index (χ1) is 5.47. The minimum Gasteiger partial charge on any atom is -0.325 e. The number of ether oxygens (including phenoxy) is 1. The van der Waals surface area contributed by atoms with Crippen molar-refractivity contribution in [3.63, 3.8) is 0 Å². The number of alkyl halides is 3. The summed E-state index contributed by atoms with van der Waals surface area (Å²) in [6.45, 7) is 1.33. The van der Waals surface area contributed by atoms with E-state index in [1.54, 1.807) is 0 Å². The van der Waals surface area contributed by atoms with Gasteiger partial charge in [0.05, 0.1) is 6.61 Å². The molecule has 3 nitrogen and oxygen atoms in total. The Balaban J connectivity index is 1.97. The molecule has 0 saturated carbocycles. The molecule has 1 heterocycles. The molecule has 1 aliphatic heterocycles. The molecule has 12 heavy (non-hydrogen) atoms. The molecule has 0 spiro atoms. The van der Waals surface area contributed by atoms with Gasteiger partial charge in [-0.15, -0.1) is 13.2 Å². The van der Waals surface area contributed by atoms with Crippen molar-refractivity contribution in [3.8, 4) is 0 Å². The molecule has 0 aromatic rings. The van der Waals surface area contributed by atoms with E-state index >= 15 is 0 Å². The van der Waals surface area contributed by atoms with Crippen LogP contribution in [-0.4, -0.2) is 43.5 Å². The van der Waals surface area contributed by atoms with Crippen LogP contribution in [0.3, 0.4) is 0 Å². The van der Waals surface area contributed by atoms with E-state index in [1.165, 1.54) is 0 Å². The monoisotopic (exact) mass is 184 g/mol. The second kappa shape index (κ2) is 3.59. The number of nitrogens with two attached hydrogens (primary N) is 1. The van der Waals surface area contributed by atoms with Crippen molar-refractivity contribution in [2.75, 3.05) is 26.2 Å². The van der Waals surface area contributed by atoms with Gasteiger partial charge >= 0.3 is 6.36 Å². The van der Waals surface area contributed by atoms with Crippen molar-refractivity contribution in [3.05, 3.63) is 0 Å². The smallest absolute Gasteiger partial charge is 0.325 e. The largest absolute Gasteiger partial charge is 0.522 e. The normalized spacial score (nSPS) is 21.0. The first-order valence-electron chi connectivity index (χ1n) is 3.66. The molecule has 0 unspecified atom stereocenters. The van der Waals surface area contributed by atoms with Gasteiger partial charge in [-0.05, 0) is 0 Å². The first kappa shape index (κ1) is 9.76. The second-order valence-corrected chi connectivity index (χ2v) is 2.81. The molecule has 72 valence electrons. The zero-order chi connectivity index (χ0) is 9.19. The van der Waals surface area contributed by atoms with Crippen LogP contribution in [0.1, 0.15) is 0 Å². The molecule has 0 aromatic carbocycles. The maximum absolute atomic E-state index is 11.4. The first-order valence-corrected chi connectivity index (χ1v) is 3.66. The molecule has 1 aliphatic rings. The Morgan fingerprint density at radius 2 is 2.00 bits per heavy atom. The van der Waals surface area contributed by atoms with Gasteiger partial charge in [-0.2, -0.15) is 0 Å². The molecule has 0 aliphatic carbocycles. The third-order valence-corrected chi connectivity index (χ3v) is 1.66.